The van der Waals surface area contributed by atoms with Gasteiger partial charge in [-0.3, -0.25) is 9.59 Å². The number of nitrogens with two attached hydrogens (primary N) is 1. The Balaban J connectivity index is 2.26. The topological polar surface area (TPSA) is 63.4 Å². The number of likely N-dealkylation sites (tertiary alicyclic amines) is 1. The van der Waals surface area contributed by atoms with Gasteiger partial charge in [-0.1, -0.05) is 0 Å². The molecule has 0 aromatic carbocycles. The van der Waals surface area contributed by atoms with Crippen molar-refractivity contribution in [2.45, 2.75) is 19.3 Å². The van der Waals surface area contributed by atoms with Gasteiger partial charge >= 0.3 is 0 Å². The number of hydrogen-bond donors (Lipinski definition) is 1. The van der Waals surface area contributed by atoms with Crippen molar-refractivity contribution in [2.24, 2.45) is 11.7 Å². The van der Waals surface area contributed by atoms with Crippen LogP contribution >= 0.6 is 0 Å². The second-order valence-corrected chi connectivity index (χ2v) is 3.26. The van der Waals surface area contributed by atoms with Crippen LogP contribution in [0.2, 0.25) is 0 Å². The largest absolute Gasteiger partial charge is 0.370 e. The molecule has 0 radical (unpaired) electrons. The molecule has 0 atom stereocenters. The Labute approximate surface area is 71.7 Å². The summed E-state index contributed by atoms with van der Waals surface area (Å²) >= 11 is 0. The molecule has 0 aromatic heterocycles. The van der Waals surface area contributed by atoms with Crippen LogP contribution in [-0.4, -0.2) is 30.3 Å². The van der Waals surface area contributed by atoms with E-state index in [2.05, 4.69) is 0 Å². The zero-order valence-electron chi connectivity index (χ0n) is 7.03. The van der Waals surface area contributed by atoms with E-state index in [4.69, 9.17) is 5.73 Å². The molecule has 1 aliphatic rings. The van der Waals surface area contributed by atoms with Crippen molar-refractivity contribution >= 4 is 12.3 Å². The molecule has 4 heteroatoms. The van der Waals surface area contributed by atoms with Crippen molar-refractivity contribution in [3.63, 3.8) is 0 Å². The van der Waals surface area contributed by atoms with Gasteiger partial charge in [0.2, 0.25) is 12.3 Å². The molecular weight excluding hydrogens is 156 g/mol. The van der Waals surface area contributed by atoms with Crippen molar-refractivity contribution in [1.82, 2.24) is 4.90 Å². The predicted octanol–water partition coefficient (Wildman–Crippen LogP) is -0.270. The minimum absolute atomic E-state index is 0.237. The van der Waals surface area contributed by atoms with E-state index >= 15 is 0 Å². The molecule has 68 valence electrons. The third-order valence-electron chi connectivity index (χ3n) is 2.29. The first kappa shape index (κ1) is 9.03. The maximum absolute atomic E-state index is 10.6. The molecule has 2 N–H and O–H groups in total. The van der Waals surface area contributed by atoms with E-state index in [1.807, 2.05) is 0 Å². The van der Waals surface area contributed by atoms with Gasteiger partial charge in [0.1, 0.15) is 0 Å². The fourth-order valence-corrected chi connectivity index (χ4v) is 1.55. The van der Waals surface area contributed by atoms with Crippen LogP contribution in [0.1, 0.15) is 19.3 Å². The zero-order chi connectivity index (χ0) is 8.97. The van der Waals surface area contributed by atoms with E-state index < -0.39 is 0 Å². The molecule has 0 aliphatic carbocycles. The van der Waals surface area contributed by atoms with Gasteiger partial charge in [0.15, 0.2) is 0 Å². The van der Waals surface area contributed by atoms with Gasteiger partial charge in [-0.25, -0.2) is 0 Å². The Morgan fingerprint density at radius 3 is 2.50 bits per heavy atom. The van der Waals surface area contributed by atoms with E-state index in [9.17, 15) is 9.59 Å². The van der Waals surface area contributed by atoms with E-state index in [0.29, 0.717) is 12.3 Å². The van der Waals surface area contributed by atoms with Crippen LogP contribution < -0.4 is 5.73 Å². The number of rotatable bonds is 3. The van der Waals surface area contributed by atoms with Crippen molar-refractivity contribution in [2.75, 3.05) is 13.1 Å². The molecule has 0 aromatic rings. The van der Waals surface area contributed by atoms with Crippen molar-refractivity contribution in [1.29, 1.82) is 0 Å². The molecule has 1 saturated heterocycles. The molecule has 1 fully saturated rings. The molecule has 0 saturated carbocycles. The molecule has 12 heavy (non-hydrogen) atoms. The highest BCUT2D eigenvalue weighted by Gasteiger charge is 2.19. The zero-order valence-corrected chi connectivity index (χ0v) is 7.03. The third-order valence-corrected chi connectivity index (χ3v) is 2.29. The maximum atomic E-state index is 10.6. The van der Waals surface area contributed by atoms with Gasteiger partial charge in [0.25, 0.3) is 0 Å². The molecule has 1 aliphatic heterocycles. The molecule has 1 heterocycles. The first-order valence-corrected chi connectivity index (χ1v) is 4.20. The summed E-state index contributed by atoms with van der Waals surface area (Å²) in [6.07, 6.45) is 3.14. The standard InChI is InChI=1S/C8H14N2O2/c9-8(12)5-7-1-3-10(6-11)4-2-7/h6-7H,1-5H2,(H2,9,12). The van der Waals surface area contributed by atoms with Crippen LogP contribution in [-0.2, 0) is 9.59 Å². The Morgan fingerprint density at radius 1 is 1.50 bits per heavy atom. The predicted molar refractivity (Wildman–Crippen MR) is 44.2 cm³/mol. The molecule has 0 unspecified atom stereocenters. The second kappa shape index (κ2) is 4.09. The minimum atomic E-state index is -0.237. The van der Waals surface area contributed by atoms with E-state index in [1.165, 1.54) is 0 Å². The number of carbonyl (C=O) groups is 2. The highest BCUT2D eigenvalue weighted by Crippen LogP contribution is 2.18. The Morgan fingerprint density at radius 2 is 2.08 bits per heavy atom. The highest BCUT2D eigenvalue weighted by molar-refractivity contribution is 5.74. The van der Waals surface area contributed by atoms with Crippen LogP contribution in [0.5, 0.6) is 0 Å². The first-order chi connectivity index (χ1) is 5.72. The molecule has 2 amide bonds. The molecule has 1 rings (SSSR count). The lowest BCUT2D eigenvalue weighted by molar-refractivity contribution is -0.120. The van der Waals surface area contributed by atoms with Crippen LogP contribution in [0.25, 0.3) is 0 Å². The summed E-state index contributed by atoms with van der Waals surface area (Å²) in [7, 11) is 0. The lowest BCUT2D eigenvalue weighted by Gasteiger charge is -2.28. The van der Waals surface area contributed by atoms with Crippen LogP contribution in [0.4, 0.5) is 0 Å². The summed E-state index contributed by atoms with van der Waals surface area (Å²) in [6, 6.07) is 0. The number of hydrogen-bond acceptors (Lipinski definition) is 2. The van der Waals surface area contributed by atoms with Crippen LogP contribution in [0, 0.1) is 5.92 Å². The fraction of sp³-hybridized carbons (Fsp3) is 0.750. The van der Waals surface area contributed by atoms with Gasteiger partial charge < -0.3 is 10.6 Å². The van der Waals surface area contributed by atoms with Crippen molar-refractivity contribution in [3.05, 3.63) is 0 Å². The number of amides is 2. The third kappa shape index (κ3) is 2.53. The average Bonchev–Trinajstić information content (AvgIpc) is 2.05. The second-order valence-electron chi connectivity index (χ2n) is 3.26. The molecule has 4 nitrogen and oxygen atoms in total. The number of primary amides is 1. The van der Waals surface area contributed by atoms with E-state index in [0.717, 1.165) is 32.3 Å². The van der Waals surface area contributed by atoms with E-state index in [-0.39, 0.29) is 5.91 Å². The summed E-state index contributed by atoms with van der Waals surface area (Å²) in [5, 5.41) is 0. The minimum Gasteiger partial charge on any atom is -0.370 e. The first-order valence-electron chi connectivity index (χ1n) is 4.20. The average molecular weight is 170 g/mol. The number of nitrogens with zero attached hydrogens (tertiary/aromatic N) is 1. The molecule has 0 spiro atoms. The fourth-order valence-electron chi connectivity index (χ4n) is 1.55. The normalized spacial score (nSPS) is 19.2. The molecule has 0 bridgehead atoms. The van der Waals surface area contributed by atoms with Gasteiger partial charge in [-0.05, 0) is 18.8 Å². The summed E-state index contributed by atoms with van der Waals surface area (Å²) in [4.78, 5) is 22.6. The van der Waals surface area contributed by atoms with Gasteiger partial charge in [-0.2, -0.15) is 0 Å². The van der Waals surface area contributed by atoms with Crippen molar-refractivity contribution in [3.8, 4) is 0 Å². The Kier molecular flexibility index (Phi) is 3.08. The molecular formula is C8H14N2O2. The number of piperidine rings is 1. The number of carbonyl (C=O) groups excluding carboxylic acids is 2. The summed E-state index contributed by atoms with van der Waals surface area (Å²) in [5.74, 6) is 0.151. The Hall–Kier alpha value is -1.06. The van der Waals surface area contributed by atoms with Crippen molar-refractivity contribution < 1.29 is 9.59 Å². The van der Waals surface area contributed by atoms with Gasteiger partial charge in [0.05, 0.1) is 0 Å². The monoisotopic (exact) mass is 170 g/mol. The van der Waals surface area contributed by atoms with Crippen LogP contribution in [0.3, 0.4) is 0 Å². The lowest BCUT2D eigenvalue weighted by atomic mass is 9.94. The maximum Gasteiger partial charge on any atom is 0.217 e. The Bertz CT molecular complexity index is 174. The van der Waals surface area contributed by atoms with E-state index in [1.54, 1.807) is 4.90 Å². The summed E-state index contributed by atoms with van der Waals surface area (Å²) in [5.41, 5.74) is 5.07. The van der Waals surface area contributed by atoms with Crippen LogP contribution in [0.15, 0.2) is 0 Å². The lowest BCUT2D eigenvalue weighted by Crippen LogP contribution is -2.33. The SMILES string of the molecule is NC(=O)CC1CCN(C=O)CC1. The van der Waals surface area contributed by atoms with Gasteiger partial charge in [0, 0.05) is 19.5 Å². The highest BCUT2D eigenvalue weighted by atomic mass is 16.1. The smallest absolute Gasteiger partial charge is 0.217 e. The quantitative estimate of drug-likeness (QED) is 0.592. The summed E-state index contributed by atoms with van der Waals surface area (Å²) in [6.45, 7) is 1.53. The van der Waals surface area contributed by atoms with Gasteiger partial charge in [-0.15, -0.1) is 0 Å². The summed E-state index contributed by atoms with van der Waals surface area (Å²) < 4.78 is 0.